The van der Waals surface area contributed by atoms with Gasteiger partial charge in [0.1, 0.15) is 5.82 Å². The molecule has 106 valence electrons. The predicted molar refractivity (Wildman–Crippen MR) is 89.6 cm³/mol. The van der Waals surface area contributed by atoms with Crippen LogP contribution in [-0.2, 0) is 13.0 Å². The van der Waals surface area contributed by atoms with Gasteiger partial charge in [0.25, 0.3) is 0 Å². The van der Waals surface area contributed by atoms with E-state index in [4.69, 9.17) is 4.98 Å². The average Bonchev–Trinajstić information content (AvgIpc) is 3.06. The van der Waals surface area contributed by atoms with Crippen LogP contribution in [0.3, 0.4) is 0 Å². The first-order valence-electron chi connectivity index (χ1n) is 7.26. The maximum absolute atomic E-state index is 4.88. The van der Waals surface area contributed by atoms with Crippen LogP contribution in [-0.4, -0.2) is 9.55 Å². The Morgan fingerprint density at radius 3 is 2.95 bits per heavy atom. The number of anilines is 1. The highest BCUT2D eigenvalue weighted by molar-refractivity contribution is 9.10. The van der Waals surface area contributed by atoms with Gasteiger partial charge in [-0.3, -0.25) is 0 Å². The molecule has 0 radical (unpaired) electrons. The molecule has 0 saturated heterocycles. The van der Waals surface area contributed by atoms with Crippen LogP contribution in [0.1, 0.15) is 24.4 Å². The fourth-order valence-electron chi connectivity index (χ4n) is 3.17. The van der Waals surface area contributed by atoms with Crippen LogP contribution in [0.2, 0.25) is 0 Å². The normalized spacial score (nSPS) is 17.0. The molecule has 0 saturated carbocycles. The van der Waals surface area contributed by atoms with Crippen LogP contribution in [0.25, 0.3) is 11.0 Å². The van der Waals surface area contributed by atoms with Crippen molar-refractivity contribution in [1.29, 1.82) is 0 Å². The number of benzene rings is 2. The molecule has 2 aromatic carbocycles. The van der Waals surface area contributed by atoms with E-state index < -0.39 is 0 Å². The van der Waals surface area contributed by atoms with E-state index in [0.717, 1.165) is 28.8 Å². The van der Waals surface area contributed by atoms with E-state index in [1.807, 2.05) is 0 Å². The summed E-state index contributed by atoms with van der Waals surface area (Å²) in [6, 6.07) is 15.1. The average molecular weight is 342 g/mol. The van der Waals surface area contributed by atoms with Crippen molar-refractivity contribution >= 4 is 32.7 Å². The smallest absolute Gasteiger partial charge is 0.132 e. The lowest BCUT2D eigenvalue weighted by Crippen LogP contribution is -2.13. The summed E-state index contributed by atoms with van der Waals surface area (Å²) >= 11 is 3.53. The lowest BCUT2D eigenvalue weighted by Gasteiger charge is -2.13. The Morgan fingerprint density at radius 2 is 2.14 bits per heavy atom. The van der Waals surface area contributed by atoms with E-state index in [9.17, 15) is 0 Å². The van der Waals surface area contributed by atoms with E-state index in [0.29, 0.717) is 0 Å². The Bertz CT molecular complexity index is 797. The van der Waals surface area contributed by atoms with Crippen molar-refractivity contribution in [2.24, 2.45) is 0 Å². The van der Waals surface area contributed by atoms with Crippen LogP contribution in [0, 0.1) is 0 Å². The quantitative estimate of drug-likeness (QED) is 0.742. The SMILES string of the molecule is CCn1c(C2Cc3ccccc3N2)nc2cc(Br)ccc21. The Labute approximate surface area is 132 Å². The van der Waals surface area contributed by atoms with Gasteiger partial charge in [0.15, 0.2) is 0 Å². The molecule has 3 nitrogen and oxygen atoms in total. The van der Waals surface area contributed by atoms with Crippen LogP contribution in [0.15, 0.2) is 46.9 Å². The maximum atomic E-state index is 4.88. The van der Waals surface area contributed by atoms with Crippen molar-refractivity contribution < 1.29 is 0 Å². The Balaban J connectivity index is 1.81. The van der Waals surface area contributed by atoms with Gasteiger partial charge in [-0.25, -0.2) is 4.98 Å². The number of nitrogens with zero attached hydrogens (tertiary/aromatic N) is 2. The second kappa shape index (κ2) is 4.88. The molecule has 2 heterocycles. The minimum absolute atomic E-state index is 0.258. The number of fused-ring (bicyclic) bond motifs is 2. The largest absolute Gasteiger partial charge is 0.375 e. The number of imidazole rings is 1. The summed E-state index contributed by atoms with van der Waals surface area (Å²) in [5.41, 5.74) is 4.87. The molecular formula is C17H16BrN3. The summed E-state index contributed by atoms with van der Waals surface area (Å²) < 4.78 is 3.38. The third-order valence-electron chi connectivity index (χ3n) is 4.14. The van der Waals surface area contributed by atoms with Crippen molar-refractivity contribution in [3.63, 3.8) is 0 Å². The van der Waals surface area contributed by atoms with Gasteiger partial charge in [0.05, 0.1) is 17.1 Å². The standard InChI is InChI=1S/C17H16BrN3/c1-2-21-16-8-7-12(18)10-14(16)20-17(21)15-9-11-5-3-4-6-13(11)19-15/h3-8,10,15,19H,2,9H2,1H3. The summed E-state index contributed by atoms with van der Waals surface area (Å²) in [4.78, 5) is 4.88. The first-order valence-corrected chi connectivity index (χ1v) is 8.05. The minimum atomic E-state index is 0.258. The maximum Gasteiger partial charge on any atom is 0.132 e. The second-order valence-corrected chi connectivity index (χ2v) is 6.32. The molecule has 0 spiro atoms. The summed E-state index contributed by atoms with van der Waals surface area (Å²) in [6.07, 6.45) is 1.00. The summed E-state index contributed by atoms with van der Waals surface area (Å²) in [6.45, 7) is 3.11. The zero-order valence-electron chi connectivity index (χ0n) is 11.8. The second-order valence-electron chi connectivity index (χ2n) is 5.41. The Kier molecular flexibility index (Phi) is 3.00. The number of aryl methyl sites for hydroxylation is 1. The van der Waals surface area contributed by atoms with E-state index in [1.54, 1.807) is 0 Å². The molecular weight excluding hydrogens is 326 g/mol. The molecule has 1 atom stereocenters. The molecule has 0 amide bonds. The van der Waals surface area contributed by atoms with Gasteiger partial charge in [0, 0.05) is 23.1 Å². The molecule has 1 aliphatic rings. The van der Waals surface area contributed by atoms with Crippen molar-refractivity contribution in [1.82, 2.24) is 9.55 Å². The zero-order chi connectivity index (χ0) is 14.4. The minimum Gasteiger partial charge on any atom is -0.375 e. The number of hydrogen-bond donors (Lipinski definition) is 1. The Morgan fingerprint density at radius 1 is 1.29 bits per heavy atom. The van der Waals surface area contributed by atoms with Gasteiger partial charge >= 0.3 is 0 Å². The fraction of sp³-hybridized carbons (Fsp3) is 0.235. The van der Waals surface area contributed by atoms with Gasteiger partial charge in [-0.15, -0.1) is 0 Å². The first-order chi connectivity index (χ1) is 10.3. The number of rotatable bonds is 2. The van der Waals surface area contributed by atoms with Gasteiger partial charge in [-0.05, 0) is 36.8 Å². The molecule has 0 aliphatic carbocycles. The third-order valence-corrected chi connectivity index (χ3v) is 4.63. The summed E-state index contributed by atoms with van der Waals surface area (Å²) in [5, 5.41) is 3.61. The highest BCUT2D eigenvalue weighted by Gasteiger charge is 2.26. The van der Waals surface area contributed by atoms with Crippen molar-refractivity contribution in [2.45, 2.75) is 25.9 Å². The van der Waals surface area contributed by atoms with E-state index >= 15 is 0 Å². The molecule has 4 rings (SSSR count). The monoisotopic (exact) mass is 341 g/mol. The lowest BCUT2D eigenvalue weighted by molar-refractivity contribution is 0.656. The van der Waals surface area contributed by atoms with Gasteiger partial charge < -0.3 is 9.88 Å². The summed E-state index contributed by atoms with van der Waals surface area (Å²) in [5.74, 6) is 1.13. The zero-order valence-corrected chi connectivity index (χ0v) is 13.4. The molecule has 1 aliphatic heterocycles. The fourth-order valence-corrected chi connectivity index (χ4v) is 3.52. The molecule has 3 aromatic rings. The van der Waals surface area contributed by atoms with Crippen LogP contribution < -0.4 is 5.32 Å². The van der Waals surface area contributed by atoms with Crippen molar-refractivity contribution in [3.05, 3.63) is 58.3 Å². The van der Waals surface area contributed by atoms with Gasteiger partial charge in [-0.2, -0.15) is 0 Å². The number of nitrogens with one attached hydrogen (secondary N) is 1. The molecule has 1 N–H and O–H groups in total. The van der Waals surface area contributed by atoms with Crippen molar-refractivity contribution in [2.75, 3.05) is 5.32 Å². The first kappa shape index (κ1) is 12.9. The van der Waals surface area contributed by atoms with Crippen LogP contribution in [0.5, 0.6) is 0 Å². The highest BCUT2D eigenvalue weighted by Crippen LogP contribution is 2.35. The number of para-hydroxylation sites is 1. The molecule has 21 heavy (non-hydrogen) atoms. The highest BCUT2D eigenvalue weighted by atomic mass is 79.9. The topological polar surface area (TPSA) is 29.9 Å². The van der Waals surface area contributed by atoms with E-state index in [1.165, 1.54) is 16.8 Å². The van der Waals surface area contributed by atoms with E-state index in [-0.39, 0.29) is 6.04 Å². The van der Waals surface area contributed by atoms with Gasteiger partial charge in [0.2, 0.25) is 0 Å². The summed E-state index contributed by atoms with van der Waals surface area (Å²) in [7, 11) is 0. The Hall–Kier alpha value is -1.81. The number of halogens is 1. The number of hydrogen-bond acceptors (Lipinski definition) is 2. The van der Waals surface area contributed by atoms with E-state index in [2.05, 4.69) is 75.2 Å². The molecule has 1 unspecified atom stereocenters. The molecule has 1 aromatic heterocycles. The third kappa shape index (κ3) is 2.05. The van der Waals surface area contributed by atoms with Crippen LogP contribution in [0.4, 0.5) is 5.69 Å². The molecule has 0 bridgehead atoms. The van der Waals surface area contributed by atoms with Crippen LogP contribution >= 0.6 is 15.9 Å². The van der Waals surface area contributed by atoms with Crippen molar-refractivity contribution in [3.8, 4) is 0 Å². The van der Waals surface area contributed by atoms with Gasteiger partial charge in [-0.1, -0.05) is 34.1 Å². The predicted octanol–water partition coefficient (Wildman–Crippen LogP) is 4.53. The molecule has 0 fully saturated rings. The molecule has 4 heteroatoms. The number of aromatic nitrogens is 2. The lowest BCUT2D eigenvalue weighted by atomic mass is 10.1.